The fraction of sp³-hybridized carbons (Fsp3) is 0.875. The van der Waals surface area contributed by atoms with E-state index in [-0.39, 0.29) is 18.4 Å². The van der Waals surface area contributed by atoms with Gasteiger partial charge in [-0.25, -0.2) is 8.78 Å². The van der Waals surface area contributed by atoms with Gasteiger partial charge in [0.15, 0.2) is 0 Å². The second-order valence-electron chi connectivity index (χ2n) is 3.47. The van der Waals surface area contributed by atoms with E-state index in [9.17, 15) is 13.6 Å². The molecule has 1 aliphatic rings. The van der Waals surface area contributed by atoms with E-state index in [0.717, 1.165) is 6.42 Å². The maximum Gasteiger partial charge on any atom is 0.265 e. The lowest BCUT2D eigenvalue weighted by atomic mass is 10.3. The van der Waals surface area contributed by atoms with E-state index in [1.165, 1.54) is 0 Å². The number of aliphatic hydroxyl groups is 1. The van der Waals surface area contributed by atoms with Gasteiger partial charge in [-0.05, 0) is 12.3 Å². The minimum Gasteiger partial charge on any atom is -0.385 e. The average Bonchev–Trinajstić information content (AvgIpc) is 2.77. The first-order chi connectivity index (χ1) is 6.02. The topological polar surface area (TPSA) is 49.3 Å². The number of hydrogen-bond donors (Lipinski definition) is 2. The lowest BCUT2D eigenvalue weighted by Gasteiger charge is -2.10. The van der Waals surface area contributed by atoms with Gasteiger partial charge in [-0.15, -0.1) is 0 Å². The molecule has 1 fully saturated rings. The van der Waals surface area contributed by atoms with Crippen molar-refractivity contribution in [2.45, 2.75) is 25.9 Å². The summed E-state index contributed by atoms with van der Waals surface area (Å²) in [5.41, 5.74) is 0. The first kappa shape index (κ1) is 10.4. The highest BCUT2D eigenvalue weighted by Gasteiger charge is 2.39. The number of carbonyl (C=O) groups is 1. The Labute approximate surface area is 75.1 Å². The van der Waals surface area contributed by atoms with Crippen LogP contribution in [-0.2, 0) is 4.79 Å². The number of hydrogen-bond acceptors (Lipinski definition) is 2. The van der Waals surface area contributed by atoms with Gasteiger partial charge < -0.3 is 10.4 Å². The van der Waals surface area contributed by atoms with E-state index < -0.39 is 12.5 Å². The van der Waals surface area contributed by atoms with Crippen molar-refractivity contribution in [1.29, 1.82) is 0 Å². The van der Waals surface area contributed by atoms with Crippen LogP contribution in [0.5, 0.6) is 0 Å². The summed E-state index contributed by atoms with van der Waals surface area (Å²) in [5.74, 6) is 0.0840. The normalized spacial score (nSPS) is 28.7. The van der Waals surface area contributed by atoms with E-state index in [2.05, 4.69) is 5.32 Å². The molecule has 0 saturated heterocycles. The van der Waals surface area contributed by atoms with Gasteiger partial charge in [-0.1, -0.05) is 6.92 Å². The molecular formula is C8H13F2NO2. The molecular weight excluding hydrogens is 180 g/mol. The van der Waals surface area contributed by atoms with Crippen molar-refractivity contribution in [1.82, 2.24) is 5.32 Å². The Morgan fingerprint density at radius 2 is 2.23 bits per heavy atom. The molecule has 2 N–H and O–H groups in total. The summed E-state index contributed by atoms with van der Waals surface area (Å²) < 4.78 is 23.5. The number of halogens is 2. The minimum absolute atomic E-state index is 0.0372. The molecule has 0 aliphatic heterocycles. The summed E-state index contributed by atoms with van der Waals surface area (Å²) in [6.45, 7) is 1.56. The first-order valence-corrected chi connectivity index (χ1v) is 4.26. The number of alkyl halides is 2. The van der Waals surface area contributed by atoms with Crippen molar-refractivity contribution in [2.75, 3.05) is 6.54 Å². The van der Waals surface area contributed by atoms with E-state index in [0.29, 0.717) is 5.92 Å². The predicted molar refractivity (Wildman–Crippen MR) is 42.3 cm³/mol. The Morgan fingerprint density at radius 3 is 2.62 bits per heavy atom. The highest BCUT2D eigenvalue weighted by molar-refractivity contribution is 5.81. The molecule has 0 aromatic heterocycles. The SMILES string of the molecule is CC1CC1C(=O)NCC(O)C(F)F. The van der Waals surface area contributed by atoms with Crippen LogP contribution in [0.25, 0.3) is 0 Å². The van der Waals surface area contributed by atoms with Crippen LogP contribution in [0, 0.1) is 11.8 Å². The van der Waals surface area contributed by atoms with Crippen LogP contribution in [0.3, 0.4) is 0 Å². The third kappa shape index (κ3) is 2.91. The van der Waals surface area contributed by atoms with Gasteiger partial charge >= 0.3 is 0 Å². The summed E-state index contributed by atoms with van der Waals surface area (Å²) in [6, 6.07) is 0. The Kier molecular flexibility index (Phi) is 3.19. The van der Waals surface area contributed by atoms with Gasteiger partial charge in [0.2, 0.25) is 5.91 Å². The summed E-state index contributed by atoms with van der Waals surface area (Å²) in [5, 5.41) is 11.0. The third-order valence-electron chi connectivity index (χ3n) is 2.22. The van der Waals surface area contributed by atoms with Crippen molar-refractivity contribution >= 4 is 5.91 Å². The molecule has 5 heteroatoms. The molecule has 0 heterocycles. The second-order valence-corrected chi connectivity index (χ2v) is 3.47. The van der Waals surface area contributed by atoms with Crippen molar-refractivity contribution in [3.8, 4) is 0 Å². The van der Waals surface area contributed by atoms with Gasteiger partial charge in [0.25, 0.3) is 6.43 Å². The van der Waals surface area contributed by atoms with Crippen molar-refractivity contribution in [2.24, 2.45) is 11.8 Å². The van der Waals surface area contributed by atoms with E-state index in [1.54, 1.807) is 0 Å². The van der Waals surface area contributed by atoms with E-state index in [4.69, 9.17) is 5.11 Å². The van der Waals surface area contributed by atoms with Crippen LogP contribution in [-0.4, -0.2) is 30.1 Å². The minimum atomic E-state index is -2.79. The van der Waals surface area contributed by atoms with Crippen LogP contribution in [0.4, 0.5) is 8.78 Å². The quantitative estimate of drug-likeness (QED) is 0.678. The maximum absolute atomic E-state index is 11.8. The Morgan fingerprint density at radius 1 is 1.69 bits per heavy atom. The zero-order chi connectivity index (χ0) is 10.0. The summed E-state index contributed by atoms with van der Waals surface area (Å²) in [4.78, 5) is 11.1. The fourth-order valence-electron chi connectivity index (χ4n) is 1.11. The molecule has 3 unspecified atom stereocenters. The van der Waals surface area contributed by atoms with Gasteiger partial charge in [0, 0.05) is 12.5 Å². The van der Waals surface area contributed by atoms with Gasteiger partial charge in [-0.3, -0.25) is 4.79 Å². The molecule has 1 aliphatic carbocycles. The molecule has 3 atom stereocenters. The molecule has 0 spiro atoms. The molecule has 0 bridgehead atoms. The fourth-order valence-corrected chi connectivity index (χ4v) is 1.11. The monoisotopic (exact) mass is 193 g/mol. The van der Waals surface area contributed by atoms with Gasteiger partial charge in [0.05, 0.1) is 0 Å². The standard InChI is InChI=1S/C8H13F2NO2/c1-4-2-5(4)8(13)11-3-6(12)7(9)10/h4-7,12H,2-3H2,1H3,(H,11,13). The number of nitrogens with one attached hydrogen (secondary N) is 1. The molecule has 1 amide bonds. The van der Waals surface area contributed by atoms with Gasteiger partial charge in [-0.2, -0.15) is 0 Å². The molecule has 1 rings (SSSR count). The van der Waals surface area contributed by atoms with Crippen LogP contribution in [0.15, 0.2) is 0 Å². The number of amides is 1. The van der Waals surface area contributed by atoms with Crippen LogP contribution in [0.2, 0.25) is 0 Å². The van der Waals surface area contributed by atoms with E-state index >= 15 is 0 Å². The van der Waals surface area contributed by atoms with Crippen LogP contribution in [0.1, 0.15) is 13.3 Å². The molecule has 0 aromatic carbocycles. The number of carbonyl (C=O) groups excluding carboxylic acids is 1. The summed E-state index contributed by atoms with van der Waals surface area (Å²) >= 11 is 0. The zero-order valence-electron chi connectivity index (χ0n) is 7.34. The molecule has 76 valence electrons. The predicted octanol–water partition coefficient (Wildman–Crippen LogP) is 0.385. The van der Waals surface area contributed by atoms with Gasteiger partial charge in [0.1, 0.15) is 6.10 Å². The lowest BCUT2D eigenvalue weighted by molar-refractivity contribution is -0.123. The van der Waals surface area contributed by atoms with Crippen molar-refractivity contribution in [3.63, 3.8) is 0 Å². The molecule has 1 saturated carbocycles. The number of rotatable bonds is 4. The third-order valence-corrected chi connectivity index (χ3v) is 2.22. The van der Waals surface area contributed by atoms with Crippen molar-refractivity contribution < 1.29 is 18.7 Å². The highest BCUT2D eigenvalue weighted by atomic mass is 19.3. The summed E-state index contributed by atoms with van der Waals surface area (Å²) in [7, 11) is 0. The van der Waals surface area contributed by atoms with Crippen LogP contribution < -0.4 is 5.32 Å². The number of aliphatic hydroxyl groups excluding tert-OH is 1. The molecule has 3 nitrogen and oxygen atoms in total. The first-order valence-electron chi connectivity index (χ1n) is 4.26. The highest BCUT2D eigenvalue weighted by Crippen LogP contribution is 2.37. The average molecular weight is 193 g/mol. The van der Waals surface area contributed by atoms with E-state index in [1.807, 2.05) is 6.92 Å². The largest absolute Gasteiger partial charge is 0.385 e. The second kappa shape index (κ2) is 4.00. The molecule has 0 radical (unpaired) electrons. The van der Waals surface area contributed by atoms with Crippen LogP contribution >= 0.6 is 0 Å². The Hall–Kier alpha value is -0.710. The Bertz CT molecular complexity index is 199. The Balaban J connectivity index is 2.15. The smallest absolute Gasteiger partial charge is 0.265 e. The lowest BCUT2D eigenvalue weighted by Crippen LogP contribution is -2.36. The maximum atomic E-state index is 11.8. The summed E-state index contributed by atoms with van der Waals surface area (Å²) in [6.07, 6.45) is -3.73. The molecule has 13 heavy (non-hydrogen) atoms. The molecule has 0 aromatic rings. The zero-order valence-corrected chi connectivity index (χ0v) is 7.34. The van der Waals surface area contributed by atoms with Crippen molar-refractivity contribution in [3.05, 3.63) is 0 Å².